The number of ether oxygens (including phenoxy) is 2. The molecule has 0 radical (unpaired) electrons. The molecule has 2 rings (SSSR count). The standard InChI is InChI=1S/C14H17NO5/c1-19-13(16)10-2-4-11(5-3-10)20-12-6-8-15(9-7-12)14(17)18/h2-5,12H,6-9H2,1H3,(H,17,18). The van der Waals surface area contributed by atoms with Crippen LogP contribution in [0.25, 0.3) is 0 Å². The zero-order valence-corrected chi connectivity index (χ0v) is 11.2. The van der Waals surface area contributed by atoms with Gasteiger partial charge in [-0.3, -0.25) is 0 Å². The van der Waals surface area contributed by atoms with Crippen LogP contribution in [0.5, 0.6) is 5.75 Å². The molecule has 1 saturated heterocycles. The zero-order chi connectivity index (χ0) is 14.5. The number of benzene rings is 1. The number of rotatable bonds is 3. The van der Waals surface area contributed by atoms with Crippen molar-refractivity contribution in [2.45, 2.75) is 18.9 Å². The first-order chi connectivity index (χ1) is 9.60. The fraction of sp³-hybridized carbons (Fsp3) is 0.429. The van der Waals surface area contributed by atoms with Gasteiger partial charge in [-0.2, -0.15) is 0 Å². The topological polar surface area (TPSA) is 76.1 Å². The van der Waals surface area contributed by atoms with E-state index in [4.69, 9.17) is 9.84 Å². The number of amides is 1. The van der Waals surface area contributed by atoms with Crippen molar-refractivity contribution in [3.63, 3.8) is 0 Å². The summed E-state index contributed by atoms with van der Waals surface area (Å²) in [5, 5.41) is 8.86. The van der Waals surface area contributed by atoms with Crippen molar-refractivity contribution < 1.29 is 24.2 Å². The lowest BCUT2D eigenvalue weighted by Crippen LogP contribution is -2.41. The predicted molar refractivity (Wildman–Crippen MR) is 71.0 cm³/mol. The third-order valence-electron chi connectivity index (χ3n) is 3.29. The maximum absolute atomic E-state index is 11.3. The highest BCUT2D eigenvalue weighted by Crippen LogP contribution is 2.20. The maximum Gasteiger partial charge on any atom is 0.407 e. The Balaban J connectivity index is 1.88. The van der Waals surface area contributed by atoms with Crippen LogP contribution in [0.3, 0.4) is 0 Å². The van der Waals surface area contributed by atoms with Gasteiger partial charge in [-0.05, 0) is 24.3 Å². The van der Waals surface area contributed by atoms with Gasteiger partial charge in [-0.25, -0.2) is 9.59 Å². The number of carboxylic acid groups (broad SMARTS) is 1. The quantitative estimate of drug-likeness (QED) is 0.856. The van der Waals surface area contributed by atoms with E-state index in [1.807, 2.05) is 0 Å². The summed E-state index contributed by atoms with van der Waals surface area (Å²) in [6.07, 6.45) is 0.469. The molecule has 1 N–H and O–H groups in total. The first-order valence-electron chi connectivity index (χ1n) is 6.43. The number of nitrogens with zero attached hydrogens (tertiary/aromatic N) is 1. The van der Waals surface area contributed by atoms with E-state index in [0.29, 0.717) is 37.2 Å². The van der Waals surface area contributed by atoms with Crippen LogP contribution in [-0.2, 0) is 4.74 Å². The van der Waals surface area contributed by atoms with Crippen molar-refractivity contribution in [2.24, 2.45) is 0 Å². The van der Waals surface area contributed by atoms with Crippen molar-refractivity contribution in [3.05, 3.63) is 29.8 Å². The van der Waals surface area contributed by atoms with Gasteiger partial charge >= 0.3 is 12.1 Å². The van der Waals surface area contributed by atoms with E-state index in [2.05, 4.69) is 4.74 Å². The molecule has 0 spiro atoms. The molecule has 1 aliphatic rings. The Bertz CT molecular complexity index is 477. The maximum atomic E-state index is 11.3. The summed E-state index contributed by atoms with van der Waals surface area (Å²) >= 11 is 0. The Kier molecular flexibility index (Phi) is 4.45. The normalized spacial score (nSPS) is 15.8. The average molecular weight is 279 g/mol. The number of likely N-dealkylation sites (tertiary alicyclic amines) is 1. The smallest absolute Gasteiger partial charge is 0.407 e. The van der Waals surface area contributed by atoms with Crippen molar-refractivity contribution in [1.29, 1.82) is 0 Å². The summed E-state index contributed by atoms with van der Waals surface area (Å²) in [6, 6.07) is 6.73. The second-order valence-electron chi connectivity index (χ2n) is 4.60. The number of piperidine rings is 1. The molecule has 0 atom stereocenters. The summed E-state index contributed by atoms with van der Waals surface area (Å²) in [6.45, 7) is 0.973. The third kappa shape index (κ3) is 3.40. The van der Waals surface area contributed by atoms with E-state index in [1.165, 1.54) is 12.0 Å². The summed E-state index contributed by atoms with van der Waals surface area (Å²) in [7, 11) is 1.34. The molecule has 108 valence electrons. The van der Waals surface area contributed by atoms with Gasteiger partial charge in [-0.15, -0.1) is 0 Å². The Morgan fingerprint density at radius 3 is 2.30 bits per heavy atom. The van der Waals surface area contributed by atoms with Gasteiger partial charge < -0.3 is 19.5 Å². The number of carbonyl (C=O) groups excluding carboxylic acids is 1. The second kappa shape index (κ2) is 6.27. The van der Waals surface area contributed by atoms with Crippen molar-refractivity contribution in [1.82, 2.24) is 4.90 Å². The summed E-state index contributed by atoms with van der Waals surface area (Å²) < 4.78 is 10.4. The number of hydrogen-bond donors (Lipinski definition) is 1. The molecular formula is C14H17NO5. The Morgan fingerprint density at radius 2 is 1.80 bits per heavy atom. The molecule has 6 heteroatoms. The Morgan fingerprint density at radius 1 is 1.20 bits per heavy atom. The highest BCUT2D eigenvalue weighted by atomic mass is 16.5. The minimum Gasteiger partial charge on any atom is -0.490 e. The number of methoxy groups -OCH3 is 1. The Labute approximate surface area is 116 Å². The van der Waals surface area contributed by atoms with Crippen LogP contribution in [0.4, 0.5) is 4.79 Å². The van der Waals surface area contributed by atoms with Gasteiger partial charge in [0.2, 0.25) is 0 Å². The molecule has 1 aromatic rings. The summed E-state index contributed by atoms with van der Waals surface area (Å²) in [5.74, 6) is 0.290. The van der Waals surface area contributed by atoms with Crippen LogP contribution in [-0.4, -0.2) is 48.4 Å². The van der Waals surface area contributed by atoms with E-state index in [1.54, 1.807) is 24.3 Å². The summed E-state index contributed by atoms with van der Waals surface area (Å²) in [4.78, 5) is 23.5. The minimum atomic E-state index is -0.883. The van der Waals surface area contributed by atoms with E-state index in [0.717, 1.165) is 0 Å². The van der Waals surface area contributed by atoms with Gasteiger partial charge in [0.15, 0.2) is 0 Å². The predicted octanol–water partition coefficient (Wildman–Crippen LogP) is 1.99. The number of esters is 1. The van der Waals surface area contributed by atoms with Crippen LogP contribution in [0.15, 0.2) is 24.3 Å². The van der Waals surface area contributed by atoms with Crippen molar-refractivity contribution >= 4 is 12.1 Å². The zero-order valence-electron chi connectivity index (χ0n) is 11.2. The van der Waals surface area contributed by atoms with Crippen molar-refractivity contribution in [2.75, 3.05) is 20.2 Å². The van der Waals surface area contributed by atoms with Gasteiger partial charge in [0.1, 0.15) is 11.9 Å². The molecule has 1 aromatic carbocycles. The molecule has 1 heterocycles. The molecule has 6 nitrogen and oxygen atoms in total. The molecule has 1 aliphatic heterocycles. The molecule has 0 saturated carbocycles. The molecule has 0 aromatic heterocycles. The van der Waals surface area contributed by atoms with Gasteiger partial charge in [0.25, 0.3) is 0 Å². The lowest BCUT2D eigenvalue weighted by Gasteiger charge is -2.30. The highest BCUT2D eigenvalue weighted by Gasteiger charge is 2.23. The van der Waals surface area contributed by atoms with Crippen LogP contribution in [0.1, 0.15) is 23.2 Å². The molecule has 0 bridgehead atoms. The molecule has 0 aliphatic carbocycles. The summed E-state index contributed by atoms with van der Waals surface area (Å²) in [5.41, 5.74) is 0.473. The van der Waals surface area contributed by atoms with Crippen molar-refractivity contribution in [3.8, 4) is 5.75 Å². The lowest BCUT2D eigenvalue weighted by atomic mass is 10.1. The van der Waals surface area contributed by atoms with Crippen LogP contribution in [0.2, 0.25) is 0 Å². The number of carbonyl (C=O) groups is 2. The van der Waals surface area contributed by atoms with Crippen LogP contribution in [0, 0.1) is 0 Å². The van der Waals surface area contributed by atoms with E-state index >= 15 is 0 Å². The fourth-order valence-electron chi connectivity index (χ4n) is 2.14. The van der Waals surface area contributed by atoms with Gasteiger partial charge in [0, 0.05) is 25.9 Å². The Hall–Kier alpha value is -2.24. The number of hydrogen-bond acceptors (Lipinski definition) is 4. The van der Waals surface area contributed by atoms with E-state index in [9.17, 15) is 9.59 Å². The van der Waals surface area contributed by atoms with Gasteiger partial charge in [-0.1, -0.05) is 0 Å². The highest BCUT2D eigenvalue weighted by molar-refractivity contribution is 5.89. The fourth-order valence-corrected chi connectivity index (χ4v) is 2.14. The molecule has 0 unspecified atom stereocenters. The second-order valence-corrected chi connectivity index (χ2v) is 4.60. The largest absolute Gasteiger partial charge is 0.490 e. The first-order valence-corrected chi connectivity index (χ1v) is 6.43. The first kappa shape index (κ1) is 14.2. The molecule has 1 fully saturated rings. The monoisotopic (exact) mass is 279 g/mol. The van der Waals surface area contributed by atoms with E-state index in [-0.39, 0.29) is 12.1 Å². The van der Waals surface area contributed by atoms with Crippen LogP contribution < -0.4 is 4.74 Å². The molecule has 1 amide bonds. The van der Waals surface area contributed by atoms with Gasteiger partial charge in [0.05, 0.1) is 12.7 Å². The van der Waals surface area contributed by atoms with Crippen LogP contribution >= 0.6 is 0 Å². The lowest BCUT2D eigenvalue weighted by molar-refractivity contribution is 0.0600. The SMILES string of the molecule is COC(=O)c1ccc(OC2CCN(C(=O)O)CC2)cc1. The van der Waals surface area contributed by atoms with E-state index < -0.39 is 6.09 Å². The third-order valence-corrected chi connectivity index (χ3v) is 3.29. The minimum absolute atomic E-state index is 0.00887. The molecule has 20 heavy (non-hydrogen) atoms. The average Bonchev–Trinajstić information content (AvgIpc) is 2.48. The molecular weight excluding hydrogens is 262 g/mol.